The Labute approximate surface area is 97.1 Å². The number of carbonyl (C=O) groups is 1. The molecule has 0 aliphatic carbocycles. The Bertz CT molecular complexity index is 457. The summed E-state index contributed by atoms with van der Waals surface area (Å²) in [5.41, 5.74) is 0.313. The van der Waals surface area contributed by atoms with Gasteiger partial charge in [0, 0.05) is 6.54 Å². The first-order chi connectivity index (χ1) is 8.02. The van der Waals surface area contributed by atoms with Gasteiger partial charge in [-0.2, -0.15) is 5.26 Å². The van der Waals surface area contributed by atoms with Crippen LogP contribution >= 0.6 is 0 Å². The highest BCUT2D eigenvalue weighted by Crippen LogP contribution is 2.15. The largest absolute Gasteiger partial charge is 0.481 e. The van der Waals surface area contributed by atoms with Crippen LogP contribution in [0.15, 0.2) is 18.2 Å². The van der Waals surface area contributed by atoms with Gasteiger partial charge in [-0.1, -0.05) is 0 Å². The third-order valence-corrected chi connectivity index (χ3v) is 2.04. The zero-order valence-electron chi connectivity index (χ0n) is 8.85. The number of halogens is 1. The third kappa shape index (κ3) is 4.09. The highest BCUT2D eigenvalue weighted by Gasteiger charge is 2.10. The number of anilines is 1. The van der Waals surface area contributed by atoms with Crippen LogP contribution in [0.2, 0.25) is 0 Å². The van der Waals surface area contributed by atoms with Gasteiger partial charge in [-0.25, -0.2) is 4.39 Å². The number of hydrogen-bond donors (Lipinski definition) is 3. The van der Waals surface area contributed by atoms with Gasteiger partial charge in [-0.15, -0.1) is 0 Å². The molecule has 90 valence electrons. The second-order valence-electron chi connectivity index (χ2n) is 3.44. The number of nitriles is 1. The molecule has 0 aliphatic rings. The van der Waals surface area contributed by atoms with Crippen molar-refractivity contribution in [1.29, 1.82) is 5.26 Å². The van der Waals surface area contributed by atoms with E-state index in [2.05, 4.69) is 5.32 Å². The number of rotatable bonds is 5. The van der Waals surface area contributed by atoms with Crippen molar-refractivity contribution >= 4 is 11.7 Å². The molecule has 0 heterocycles. The Balaban J connectivity index is 2.58. The first-order valence-corrected chi connectivity index (χ1v) is 4.86. The molecule has 0 saturated heterocycles. The zero-order valence-corrected chi connectivity index (χ0v) is 8.85. The number of aliphatic hydroxyl groups is 1. The average molecular weight is 238 g/mol. The number of hydrogen-bond acceptors (Lipinski definition) is 4. The predicted molar refractivity (Wildman–Crippen MR) is 57.9 cm³/mol. The number of nitrogens with zero attached hydrogens (tertiary/aromatic N) is 1. The van der Waals surface area contributed by atoms with Crippen LogP contribution in [0.25, 0.3) is 0 Å². The molecule has 5 nitrogen and oxygen atoms in total. The topological polar surface area (TPSA) is 93.4 Å². The minimum atomic E-state index is -1.13. The van der Waals surface area contributed by atoms with Crippen molar-refractivity contribution in [3.63, 3.8) is 0 Å². The lowest BCUT2D eigenvalue weighted by atomic mass is 10.2. The molecule has 0 amide bonds. The second kappa shape index (κ2) is 5.82. The van der Waals surface area contributed by atoms with Crippen LogP contribution in [0, 0.1) is 17.1 Å². The van der Waals surface area contributed by atoms with E-state index in [1.807, 2.05) is 0 Å². The maximum absolute atomic E-state index is 13.3. The van der Waals surface area contributed by atoms with Gasteiger partial charge < -0.3 is 15.5 Å². The fourth-order valence-corrected chi connectivity index (χ4v) is 1.23. The molecule has 0 aromatic heterocycles. The molecule has 1 aromatic carbocycles. The summed E-state index contributed by atoms with van der Waals surface area (Å²) in [7, 11) is 0. The fraction of sp³-hybridized carbons (Fsp3) is 0.273. The van der Waals surface area contributed by atoms with E-state index in [-0.39, 0.29) is 17.8 Å². The summed E-state index contributed by atoms with van der Waals surface area (Å²) in [6.07, 6.45) is -1.51. The van der Waals surface area contributed by atoms with Crippen molar-refractivity contribution < 1.29 is 19.4 Å². The number of nitrogens with one attached hydrogen (secondary N) is 1. The Kier molecular flexibility index (Phi) is 4.43. The van der Waals surface area contributed by atoms with Crippen molar-refractivity contribution in [2.75, 3.05) is 11.9 Å². The zero-order chi connectivity index (χ0) is 12.8. The van der Waals surface area contributed by atoms with Crippen LogP contribution in [0.5, 0.6) is 0 Å². The Morgan fingerprint density at radius 3 is 2.82 bits per heavy atom. The van der Waals surface area contributed by atoms with Crippen molar-refractivity contribution in [2.45, 2.75) is 12.5 Å². The first-order valence-electron chi connectivity index (χ1n) is 4.86. The van der Waals surface area contributed by atoms with Gasteiger partial charge in [-0.05, 0) is 18.2 Å². The summed E-state index contributed by atoms with van der Waals surface area (Å²) >= 11 is 0. The van der Waals surface area contributed by atoms with E-state index in [4.69, 9.17) is 10.4 Å². The summed E-state index contributed by atoms with van der Waals surface area (Å²) in [4.78, 5) is 10.3. The van der Waals surface area contributed by atoms with Crippen LogP contribution in [0.4, 0.5) is 10.1 Å². The third-order valence-electron chi connectivity index (χ3n) is 2.04. The van der Waals surface area contributed by atoms with E-state index < -0.39 is 24.3 Å². The summed E-state index contributed by atoms with van der Waals surface area (Å²) in [6.45, 7) is -0.0743. The lowest BCUT2D eigenvalue weighted by Gasteiger charge is -2.11. The SMILES string of the molecule is N#Cc1ccc(NCC(O)CC(=O)O)c(F)c1. The van der Waals surface area contributed by atoms with Crippen molar-refractivity contribution in [1.82, 2.24) is 0 Å². The molecule has 3 N–H and O–H groups in total. The summed E-state index contributed by atoms with van der Waals surface area (Å²) in [5, 5.41) is 28.8. The van der Waals surface area contributed by atoms with Crippen LogP contribution in [0.3, 0.4) is 0 Å². The Hall–Kier alpha value is -2.13. The highest BCUT2D eigenvalue weighted by molar-refractivity contribution is 5.67. The van der Waals surface area contributed by atoms with Gasteiger partial charge >= 0.3 is 5.97 Å². The van der Waals surface area contributed by atoms with Crippen molar-refractivity contribution in [2.24, 2.45) is 0 Å². The molecule has 1 atom stereocenters. The maximum atomic E-state index is 13.3. The molecule has 1 rings (SSSR count). The van der Waals surface area contributed by atoms with Gasteiger partial charge in [0.1, 0.15) is 5.82 Å². The summed E-state index contributed by atoms with van der Waals surface area (Å²) in [6, 6.07) is 5.64. The van der Waals surface area contributed by atoms with Gasteiger partial charge in [0.05, 0.1) is 29.8 Å². The van der Waals surface area contributed by atoms with Crippen LogP contribution in [0.1, 0.15) is 12.0 Å². The molecule has 0 aliphatic heterocycles. The van der Waals surface area contributed by atoms with E-state index in [1.165, 1.54) is 12.1 Å². The Morgan fingerprint density at radius 2 is 2.29 bits per heavy atom. The first kappa shape index (κ1) is 12.9. The van der Waals surface area contributed by atoms with Crippen LogP contribution < -0.4 is 5.32 Å². The van der Waals surface area contributed by atoms with Gasteiger partial charge in [0.2, 0.25) is 0 Å². The number of aliphatic carboxylic acids is 1. The number of aliphatic hydroxyl groups excluding tert-OH is 1. The van der Waals surface area contributed by atoms with Crippen molar-refractivity contribution in [3.05, 3.63) is 29.6 Å². The molecule has 0 radical (unpaired) electrons. The van der Waals surface area contributed by atoms with Crippen LogP contribution in [-0.2, 0) is 4.79 Å². The van der Waals surface area contributed by atoms with Crippen LogP contribution in [-0.4, -0.2) is 28.8 Å². The highest BCUT2D eigenvalue weighted by atomic mass is 19.1. The standard InChI is InChI=1S/C11H11FN2O3/c12-9-3-7(5-13)1-2-10(9)14-6-8(15)4-11(16)17/h1-3,8,14-15H,4,6H2,(H,16,17). The molecule has 6 heteroatoms. The molecular formula is C11H11FN2O3. The number of carboxylic acid groups (broad SMARTS) is 1. The molecule has 0 fully saturated rings. The molecule has 17 heavy (non-hydrogen) atoms. The fourth-order valence-electron chi connectivity index (χ4n) is 1.23. The molecule has 0 bridgehead atoms. The maximum Gasteiger partial charge on any atom is 0.306 e. The minimum absolute atomic E-state index is 0.0743. The monoisotopic (exact) mass is 238 g/mol. The van der Waals surface area contributed by atoms with E-state index >= 15 is 0 Å². The molecule has 0 saturated carbocycles. The van der Waals surface area contributed by atoms with Crippen molar-refractivity contribution in [3.8, 4) is 6.07 Å². The van der Waals surface area contributed by atoms with Gasteiger partial charge in [0.15, 0.2) is 0 Å². The van der Waals surface area contributed by atoms with E-state index in [1.54, 1.807) is 6.07 Å². The number of benzene rings is 1. The minimum Gasteiger partial charge on any atom is -0.481 e. The molecular weight excluding hydrogens is 227 g/mol. The summed E-state index contributed by atoms with van der Waals surface area (Å²) < 4.78 is 13.3. The van der Waals surface area contributed by atoms with E-state index in [9.17, 15) is 14.3 Å². The predicted octanol–water partition coefficient (Wildman–Crippen LogP) is 0.945. The van der Waals surface area contributed by atoms with Gasteiger partial charge in [0.25, 0.3) is 0 Å². The quantitative estimate of drug-likeness (QED) is 0.710. The lowest BCUT2D eigenvalue weighted by Crippen LogP contribution is -2.23. The second-order valence-corrected chi connectivity index (χ2v) is 3.44. The smallest absolute Gasteiger partial charge is 0.306 e. The molecule has 1 unspecified atom stereocenters. The molecule has 0 spiro atoms. The normalized spacial score (nSPS) is 11.6. The van der Waals surface area contributed by atoms with E-state index in [0.29, 0.717) is 0 Å². The Morgan fingerprint density at radius 1 is 1.59 bits per heavy atom. The average Bonchev–Trinajstić information content (AvgIpc) is 2.26. The van der Waals surface area contributed by atoms with Gasteiger partial charge in [-0.3, -0.25) is 4.79 Å². The number of carboxylic acids is 1. The molecule has 1 aromatic rings. The summed E-state index contributed by atoms with van der Waals surface area (Å²) in [5.74, 6) is -1.74. The lowest BCUT2D eigenvalue weighted by molar-refractivity contribution is -0.138. The van der Waals surface area contributed by atoms with E-state index in [0.717, 1.165) is 6.07 Å².